The Labute approximate surface area is 137 Å². The van der Waals surface area contributed by atoms with Crippen LogP contribution in [-0.4, -0.2) is 30.9 Å². The Morgan fingerprint density at radius 2 is 1.43 bits per heavy atom. The molecule has 0 aliphatic carbocycles. The van der Waals surface area contributed by atoms with Crippen LogP contribution in [-0.2, 0) is 19.1 Å². The Morgan fingerprint density at radius 1 is 0.957 bits per heavy atom. The summed E-state index contributed by atoms with van der Waals surface area (Å²) in [7, 11) is 0. The van der Waals surface area contributed by atoms with Crippen molar-refractivity contribution in [3.8, 4) is 0 Å². The molecular formula is C18H25NO4. The van der Waals surface area contributed by atoms with Crippen LogP contribution in [0.5, 0.6) is 0 Å². The highest BCUT2D eigenvalue weighted by molar-refractivity contribution is 6.07. The van der Waals surface area contributed by atoms with Crippen molar-refractivity contribution >= 4 is 23.3 Å². The van der Waals surface area contributed by atoms with Gasteiger partial charge in [0.1, 0.15) is 0 Å². The van der Waals surface area contributed by atoms with Crippen molar-refractivity contribution in [3.05, 3.63) is 29.8 Å². The van der Waals surface area contributed by atoms with E-state index in [0.717, 1.165) is 0 Å². The minimum atomic E-state index is -0.394. The van der Waals surface area contributed by atoms with Gasteiger partial charge in [0, 0.05) is 5.71 Å². The third-order valence-corrected chi connectivity index (χ3v) is 3.15. The Balaban J connectivity index is 2.91. The van der Waals surface area contributed by atoms with Crippen LogP contribution in [0.1, 0.15) is 52.0 Å². The first-order chi connectivity index (χ1) is 11.0. The number of carbonyl (C=O) groups is 2. The van der Waals surface area contributed by atoms with Gasteiger partial charge in [0.05, 0.1) is 31.7 Å². The van der Waals surface area contributed by atoms with E-state index in [1.165, 1.54) is 5.56 Å². The topological polar surface area (TPSA) is 65.0 Å². The van der Waals surface area contributed by atoms with Crippen LogP contribution in [0.15, 0.2) is 29.3 Å². The number of nitrogens with zero attached hydrogens (tertiary/aromatic N) is 1. The molecule has 0 spiro atoms. The summed E-state index contributed by atoms with van der Waals surface area (Å²) in [4.78, 5) is 27.8. The van der Waals surface area contributed by atoms with Gasteiger partial charge in [0.2, 0.25) is 0 Å². The van der Waals surface area contributed by atoms with E-state index >= 15 is 0 Å². The second kappa shape index (κ2) is 9.77. The van der Waals surface area contributed by atoms with Crippen LogP contribution in [0.2, 0.25) is 0 Å². The highest BCUT2D eigenvalue weighted by atomic mass is 16.5. The number of hydrogen-bond acceptors (Lipinski definition) is 5. The van der Waals surface area contributed by atoms with Crippen molar-refractivity contribution in [3.63, 3.8) is 0 Å². The van der Waals surface area contributed by atoms with Gasteiger partial charge in [-0.15, -0.1) is 0 Å². The monoisotopic (exact) mass is 319 g/mol. The van der Waals surface area contributed by atoms with Crippen LogP contribution in [0.3, 0.4) is 0 Å². The SMILES string of the molecule is CCOC(=O)CC(CC(=O)OCC)=Nc1ccc(C(C)C)cc1. The van der Waals surface area contributed by atoms with Crippen molar-refractivity contribution in [2.75, 3.05) is 13.2 Å². The van der Waals surface area contributed by atoms with E-state index in [4.69, 9.17) is 9.47 Å². The predicted molar refractivity (Wildman–Crippen MR) is 90.1 cm³/mol. The highest BCUT2D eigenvalue weighted by Gasteiger charge is 2.14. The van der Waals surface area contributed by atoms with Crippen LogP contribution < -0.4 is 0 Å². The first-order valence-corrected chi connectivity index (χ1v) is 7.93. The molecule has 0 bridgehead atoms. The van der Waals surface area contributed by atoms with E-state index in [-0.39, 0.29) is 12.8 Å². The molecule has 0 amide bonds. The average Bonchev–Trinajstić information content (AvgIpc) is 2.48. The molecule has 126 valence electrons. The number of aliphatic imine (C=N–C) groups is 1. The second-order valence-electron chi connectivity index (χ2n) is 5.39. The first kappa shape index (κ1) is 18.9. The smallest absolute Gasteiger partial charge is 0.311 e. The molecule has 23 heavy (non-hydrogen) atoms. The lowest BCUT2D eigenvalue weighted by Gasteiger charge is -2.08. The molecule has 0 radical (unpaired) electrons. The van der Waals surface area contributed by atoms with Crippen molar-refractivity contribution in [1.82, 2.24) is 0 Å². The zero-order valence-electron chi connectivity index (χ0n) is 14.3. The van der Waals surface area contributed by atoms with E-state index in [1.807, 2.05) is 24.3 Å². The van der Waals surface area contributed by atoms with Crippen molar-refractivity contribution in [2.45, 2.75) is 46.5 Å². The van der Waals surface area contributed by atoms with Crippen molar-refractivity contribution in [2.24, 2.45) is 4.99 Å². The fourth-order valence-electron chi connectivity index (χ4n) is 2.02. The Hall–Kier alpha value is -2.17. The van der Waals surface area contributed by atoms with Gasteiger partial charge < -0.3 is 9.47 Å². The quantitative estimate of drug-likeness (QED) is 0.540. The lowest BCUT2D eigenvalue weighted by atomic mass is 10.0. The molecule has 1 aromatic rings. The lowest BCUT2D eigenvalue weighted by Crippen LogP contribution is -2.16. The third kappa shape index (κ3) is 7.08. The van der Waals surface area contributed by atoms with E-state index in [2.05, 4.69) is 18.8 Å². The fourth-order valence-corrected chi connectivity index (χ4v) is 2.02. The molecule has 0 fully saturated rings. The Kier molecular flexibility index (Phi) is 8.02. The molecule has 1 rings (SSSR count). The highest BCUT2D eigenvalue weighted by Crippen LogP contribution is 2.20. The summed E-state index contributed by atoms with van der Waals surface area (Å²) < 4.78 is 9.86. The maximum Gasteiger partial charge on any atom is 0.311 e. The van der Waals surface area contributed by atoms with Gasteiger partial charge in [-0.2, -0.15) is 0 Å². The number of hydrogen-bond donors (Lipinski definition) is 0. The standard InChI is InChI=1S/C18H25NO4/c1-5-22-17(20)11-16(12-18(21)23-6-2)19-15-9-7-14(8-10-15)13(3)4/h7-10,13H,5-6,11-12H2,1-4H3. The molecule has 0 heterocycles. The van der Waals surface area contributed by atoms with E-state index in [0.29, 0.717) is 30.5 Å². The van der Waals surface area contributed by atoms with Gasteiger partial charge in [0.15, 0.2) is 0 Å². The third-order valence-electron chi connectivity index (χ3n) is 3.15. The summed E-state index contributed by atoms with van der Waals surface area (Å²) in [6.45, 7) is 8.31. The molecular weight excluding hydrogens is 294 g/mol. The summed E-state index contributed by atoms with van der Waals surface area (Å²) in [5.74, 6) is -0.352. The van der Waals surface area contributed by atoms with E-state index in [9.17, 15) is 9.59 Å². The Bertz CT molecular complexity index is 525. The summed E-state index contributed by atoms with van der Waals surface area (Å²) >= 11 is 0. The molecule has 0 N–H and O–H groups in total. The zero-order chi connectivity index (χ0) is 17.2. The number of esters is 2. The van der Waals surface area contributed by atoms with Gasteiger partial charge in [-0.1, -0.05) is 26.0 Å². The normalized spacial score (nSPS) is 10.3. The number of carbonyl (C=O) groups excluding carboxylic acids is 2. The van der Waals surface area contributed by atoms with Crippen LogP contribution in [0.4, 0.5) is 5.69 Å². The maximum absolute atomic E-state index is 11.7. The van der Waals surface area contributed by atoms with Gasteiger partial charge in [-0.3, -0.25) is 14.6 Å². The molecule has 5 nitrogen and oxygen atoms in total. The van der Waals surface area contributed by atoms with Gasteiger partial charge in [0.25, 0.3) is 0 Å². The maximum atomic E-state index is 11.7. The Morgan fingerprint density at radius 3 is 1.83 bits per heavy atom. The molecule has 0 saturated carbocycles. The van der Waals surface area contributed by atoms with Crippen molar-refractivity contribution in [1.29, 1.82) is 0 Å². The van der Waals surface area contributed by atoms with Crippen LogP contribution in [0, 0.1) is 0 Å². The molecule has 5 heteroatoms. The van der Waals surface area contributed by atoms with Crippen molar-refractivity contribution < 1.29 is 19.1 Å². The number of benzene rings is 1. The number of rotatable bonds is 8. The molecule has 0 unspecified atom stereocenters. The van der Waals surface area contributed by atoms with E-state index in [1.54, 1.807) is 13.8 Å². The predicted octanol–water partition coefficient (Wildman–Crippen LogP) is 3.79. The average molecular weight is 319 g/mol. The fraction of sp³-hybridized carbons (Fsp3) is 0.500. The second-order valence-corrected chi connectivity index (χ2v) is 5.39. The molecule has 0 atom stereocenters. The van der Waals surface area contributed by atoms with Crippen LogP contribution in [0.25, 0.3) is 0 Å². The number of ether oxygens (including phenoxy) is 2. The zero-order valence-corrected chi connectivity index (χ0v) is 14.3. The summed E-state index contributed by atoms with van der Waals surface area (Å²) in [6, 6.07) is 7.75. The largest absolute Gasteiger partial charge is 0.466 e. The van der Waals surface area contributed by atoms with Gasteiger partial charge in [-0.05, 0) is 37.5 Å². The minimum Gasteiger partial charge on any atom is -0.466 e. The summed E-state index contributed by atoms with van der Waals surface area (Å²) in [6.07, 6.45) is -0.0306. The summed E-state index contributed by atoms with van der Waals surface area (Å²) in [5.41, 5.74) is 2.36. The molecule has 0 aliphatic rings. The first-order valence-electron chi connectivity index (χ1n) is 7.93. The van der Waals surface area contributed by atoms with Crippen LogP contribution >= 0.6 is 0 Å². The van der Waals surface area contributed by atoms with Gasteiger partial charge in [-0.25, -0.2) is 0 Å². The van der Waals surface area contributed by atoms with E-state index < -0.39 is 11.9 Å². The minimum absolute atomic E-state index is 0.0153. The molecule has 0 aliphatic heterocycles. The summed E-state index contributed by atoms with van der Waals surface area (Å²) in [5, 5.41) is 0. The molecule has 1 aromatic carbocycles. The molecule has 0 saturated heterocycles. The lowest BCUT2D eigenvalue weighted by molar-refractivity contribution is -0.141. The molecule has 0 aromatic heterocycles. The van der Waals surface area contributed by atoms with Gasteiger partial charge >= 0.3 is 11.9 Å².